The van der Waals surface area contributed by atoms with E-state index < -0.39 is 17.8 Å². The number of nitrogens with zero attached hydrogens (tertiary/aromatic N) is 2. The minimum atomic E-state index is -4.62. The minimum absolute atomic E-state index is 0.162. The number of carbonyl (C=O) groups excluding carboxylic acids is 1. The molecule has 1 aliphatic heterocycles. The number of ether oxygens (including phenoxy) is 1. The fourth-order valence-corrected chi connectivity index (χ4v) is 3.83. The van der Waals surface area contributed by atoms with Crippen molar-refractivity contribution < 1.29 is 22.7 Å². The smallest absolute Gasteiger partial charge is 0.378 e. The van der Waals surface area contributed by atoms with Gasteiger partial charge in [0.1, 0.15) is 0 Å². The number of halogens is 4. The molecule has 1 saturated heterocycles. The van der Waals surface area contributed by atoms with Gasteiger partial charge in [0.15, 0.2) is 0 Å². The highest BCUT2D eigenvalue weighted by Crippen LogP contribution is 2.37. The Balaban J connectivity index is 1.72. The minimum Gasteiger partial charge on any atom is -0.378 e. The van der Waals surface area contributed by atoms with Gasteiger partial charge >= 0.3 is 12.2 Å². The van der Waals surface area contributed by atoms with Crippen LogP contribution >= 0.6 is 11.6 Å². The predicted molar refractivity (Wildman–Crippen MR) is 119 cm³/mol. The molecule has 2 N–H and O–H groups in total. The second kappa shape index (κ2) is 10.4. The van der Waals surface area contributed by atoms with Gasteiger partial charge in [0.2, 0.25) is 0 Å². The lowest BCUT2D eigenvalue weighted by Crippen LogP contribution is -2.37. The lowest BCUT2D eigenvalue weighted by Gasteiger charge is -2.30. The van der Waals surface area contributed by atoms with Gasteiger partial charge in [-0.05, 0) is 43.9 Å². The van der Waals surface area contributed by atoms with Crippen molar-refractivity contribution in [1.29, 1.82) is 0 Å². The Morgan fingerprint density at radius 3 is 2.50 bits per heavy atom. The molecule has 3 rings (SSSR count). The van der Waals surface area contributed by atoms with Crippen LogP contribution in [0, 0.1) is 0 Å². The van der Waals surface area contributed by atoms with Crippen LogP contribution in [0.3, 0.4) is 0 Å². The van der Waals surface area contributed by atoms with Crippen LogP contribution in [-0.4, -0.2) is 57.9 Å². The molecule has 0 aliphatic carbocycles. The van der Waals surface area contributed by atoms with Crippen molar-refractivity contribution in [2.45, 2.75) is 12.2 Å². The van der Waals surface area contributed by atoms with Crippen molar-refractivity contribution in [2.24, 2.45) is 0 Å². The monoisotopic (exact) mass is 470 g/mol. The zero-order valence-corrected chi connectivity index (χ0v) is 18.6. The van der Waals surface area contributed by atoms with Gasteiger partial charge in [-0.1, -0.05) is 29.8 Å². The van der Waals surface area contributed by atoms with E-state index in [0.29, 0.717) is 37.0 Å². The molecule has 1 heterocycles. The third-order valence-electron chi connectivity index (χ3n) is 5.28. The van der Waals surface area contributed by atoms with Crippen LogP contribution in [0.5, 0.6) is 0 Å². The van der Waals surface area contributed by atoms with Crippen molar-refractivity contribution in [3.8, 4) is 0 Å². The molecular weight excluding hydrogens is 445 g/mol. The number of anilines is 2. The van der Waals surface area contributed by atoms with Crippen LogP contribution < -0.4 is 15.5 Å². The predicted octanol–water partition coefficient (Wildman–Crippen LogP) is 4.62. The molecular formula is C22H26ClF3N4O2. The van der Waals surface area contributed by atoms with E-state index in [-0.39, 0.29) is 18.3 Å². The number of nitrogens with one attached hydrogen (secondary N) is 2. The highest BCUT2D eigenvalue weighted by atomic mass is 35.5. The molecule has 6 nitrogen and oxygen atoms in total. The van der Waals surface area contributed by atoms with Gasteiger partial charge in [-0.3, -0.25) is 0 Å². The van der Waals surface area contributed by atoms with Gasteiger partial charge in [0.25, 0.3) is 0 Å². The lowest BCUT2D eigenvalue weighted by molar-refractivity contribution is -0.136. The van der Waals surface area contributed by atoms with Crippen molar-refractivity contribution in [1.82, 2.24) is 10.2 Å². The molecule has 2 aromatic carbocycles. The Hall–Kier alpha value is -2.49. The second-order valence-electron chi connectivity index (χ2n) is 7.66. The first-order valence-electron chi connectivity index (χ1n) is 10.2. The van der Waals surface area contributed by atoms with Crippen LogP contribution in [0.2, 0.25) is 5.02 Å². The highest BCUT2D eigenvalue weighted by molar-refractivity contribution is 6.31. The molecule has 1 unspecified atom stereocenters. The topological polar surface area (TPSA) is 56.8 Å². The molecule has 0 saturated carbocycles. The lowest BCUT2D eigenvalue weighted by atomic mass is 10.1. The Bertz CT molecular complexity index is 934. The van der Waals surface area contributed by atoms with E-state index in [0.717, 1.165) is 11.6 Å². The molecule has 2 aromatic rings. The summed E-state index contributed by atoms with van der Waals surface area (Å²) < 4.78 is 46.3. The first kappa shape index (κ1) is 24.2. The maximum Gasteiger partial charge on any atom is 0.418 e. The number of hydrogen-bond acceptors (Lipinski definition) is 4. The number of benzene rings is 2. The molecule has 0 spiro atoms. The average molecular weight is 471 g/mol. The SMILES string of the molecule is CN(C)C(CNC(=O)Nc1ccc(N2CCOCC2)cc1C(F)(F)F)c1ccccc1Cl. The molecule has 1 atom stereocenters. The molecule has 1 aliphatic rings. The van der Waals surface area contributed by atoms with Crippen LogP contribution in [0.15, 0.2) is 42.5 Å². The summed E-state index contributed by atoms with van der Waals surface area (Å²) in [7, 11) is 3.67. The molecule has 2 amide bonds. The third-order valence-corrected chi connectivity index (χ3v) is 5.62. The summed E-state index contributed by atoms with van der Waals surface area (Å²) >= 11 is 6.27. The molecule has 32 heavy (non-hydrogen) atoms. The van der Waals surface area contributed by atoms with Crippen LogP contribution in [0.4, 0.5) is 29.3 Å². The third kappa shape index (κ3) is 6.05. The number of urea groups is 1. The normalized spacial score (nSPS) is 15.5. The van der Waals surface area contributed by atoms with E-state index in [2.05, 4.69) is 10.6 Å². The number of amides is 2. The summed E-state index contributed by atoms with van der Waals surface area (Å²) in [6.07, 6.45) is -4.62. The Morgan fingerprint density at radius 2 is 1.88 bits per heavy atom. The molecule has 1 fully saturated rings. The van der Waals surface area contributed by atoms with Gasteiger partial charge in [0.05, 0.1) is 30.5 Å². The van der Waals surface area contributed by atoms with Crippen molar-refractivity contribution in [3.05, 3.63) is 58.6 Å². The number of likely N-dealkylation sites (N-methyl/N-ethyl adjacent to an activating group) is 1. The first-order chi connectivity index (χ1) is 15.2. The molecule has 0 bridgehead atoms. The Kier molecular flexibility index (Phi) is 7.86. The van der Waals surface area contributed by atoms with Crippen LogP contribution in [-0.2, 0) is 10.9 Å². The van der Waals surface area contributed by atoms with Crippen molar-refractivity contribution >= 4 is 29.0 Å². The van der Waals surface area contributed by atoms with E-state index in [1.807, 2.05) is 36.0 Å². The molecule has 0 radical (unpaired) electrons. The average Bonchev–Trinajstić information content (AvgIpc) is 2.75. The standard InChI is InChI=1S/C22H26ClF3N4O2/c1-29(2)20(16-5-3-4-6-18(16)23)14-27-21(31)28-19-8-7-15(13-17(19)22(24,25)26)30-9-11-32-12-10-30/h3-8,13,20H,9-12,14H2,1-2H3,(H2,27,28,31). The van der Waals surface area contributed by atoms with Crippen LogP contribution in [0.25, 0.3) is 0 Å². The van der Waals surface area contributed by atoms with E-state index in [9.17, 15) is 18.0 Å². The highest BCUT2D eigenvalue weighted by Gasteiger charge is 2.35. The zero-order valence-electron chi connectivity index (χ0n) is 17.9. The zero-order chi connectivity index (χ0) is 23.3. The molecule has 0 aromatic heterocycles. The van der Waals surface area contributed by atoms with Gasteiger partial charge in [-0.25, -0.2) is 4.79 Å². The maximum absolute atomic E-state index is 13.7. The van der Waals surface area contributed by atoms with Crippen LogP contribution in [0.1, 0.15) is 17.2 Å². The Labute approximate surface area is 190 Å². The number of hydrogen-bond donors (Lipinski definition) is 2. The quantitative estimate of drug-likeness (QED) is 0.647. The number of morpholine rings is 1. The van der Waals surface area contributed by atoms with Gasteiger partial charge in [-0.15, -0.1) is 0 Å². The van der Waals surface area contributed by atoms with E-state index in [1.165, 1.54) is 6.07 Å². The van der Waals surface area contributed by atoms with Gasteiger partial charge < -0.3 is 25.2 Å². The molecule has 10 heteroatoms. The van der Waals surface area contributed by atoms with Crippen molar-refractivity contribution in [3.63, 3.8) is 0 Å². The summed E-state index contributed by atoms with van der Waals surface area (Å²) in [6.45, 7) is 2.11. The Morgan fingerprint density at radius 1 is 1.19 bits per heavy atom. The summed E-state index contributed by atoms with van der Waals surface area (Å²) in [6, 6.07) is 10.2. The van der Waals surface area contributed by atoms with E-state index in [4.69, 9.17) is 16.3 Å². The fraction of sp³-hybridized carbons (Fsp3) is 0.409. The number of rotatable bonds is 6. The fourth-order valence-electron chi connectivity index (χ4n) is 3.57. The molecule has 174 valence electrons. The van der Waals surface area contributed by atoms with Crippen molar-refractivity contribution in [2.75, 3.05) is 57.2 Å². The van der Waals surface area contributed by atoms with Gasteiger partial charge in [-0.2, -0.15) is 13.2 Å². The summed E-state index contributed by atoms with van der Waals surface area (Å²) in [5.74, 6) is 0. The largest absolute Gasteiger partial charge is 0.418 e. The van der Waals surface area contributed by atoms with E-state index >= 15 is 0 Å². The number of carbonyl (C=O) groups is 1. The van der Waals surface area contributed by atoms with Gasteiger partial charge in [0, 0.05) is 30.3 Å². The van der Waals surface area contributed by atoms with E-state index in [1.54, 1.807) is 18.2 Å². The second-order valence-corrected chi connectivity index (χ2v) is 8.07. The first-order valence-corrected chi connectivity index (χ1v) is 10.5. The summed E-state index contributed by atoms with van der Waals surface area (Å²) in [5, 5.41) is 5.54. The summed E-state index contributed by atoms with van der Waals surface area (Å²) in [4.78, 5) is 16.2. The maximum atomic E-state index is 13.7. The number of alkyl halides is 3. The summed E-state index contributed by atoms with van der Waals surface area (Å²) in [5.41, 5.74) is 0.0568.